The zero-order chi connectivity index (χ0) is 45.0. The zero-order valence-corrected chi connectivity index (χ0v) is 38.9. The molecule has 0 aliphatic heterocycles. The van der Waals surface area contributed by atoms with Crippen molar-refractivity contribution >= 4 is 19.8 Å². The van der Waals surface area contributed by atoms with Gasteiger partial charge in [-0.1, -0.05) is 154 Å². The first-order chi connectivity index (χ1) is 29.4. The van der Waals surface area contributed by atoms with E-state index in [9.17, 15) is 44.6 Å². The number of rotatable bonds is 40. The van der Waals surface area contributed by atoms with Crippen LogP contribution in [0.3, 0.4) is 0 Å². The van der Waals surface area contributed by atoms with Gasteiger partial charge in [-0.3, -0.25) is 18.6 Å². The number of esters is 2. The number of aliphatic hydroxyl groups excluding tert-OH is 5. The fraction of sp³-hybridized carbons (Fsp3) is 0.872. The maximum Gasteiger partial charge on any atom is 0.472 e. The average Bonchev–Trinajstić information content (AvgIpc) is 3.24. The third-order valence-corrected chi connectivity index (χ3v) is 12.3. The van der Waals surface area contributed by atoms with E-state index in [-0.39, 0.29) is 12.8 Å². The van der Waals surface area contributed by atoms with Crippen LogP contribution in [0.4, 0.5) is 0 Å². The lowest BCUT2D eigenvalue weighted by Crippen LogP contribution is -2.64. The smallest absolute Gasteiger partial charge is 0.462 e. The molecule has 0 saturated heterocycles. The van der Waals surface area contributed by atoms with Crippen LogP contribution in [0.1, 0.15) is 206 Å². The van der Waals surface area contributed by atoms with Crippen LogP contribution in [0.15, 0.2) is 24.3 Å². The van der Waals surface area contributed by atoms with Gasteiger partial charge in [0.25, 0.3) is 0 Å². The summed E-state index contributed by atoms with van der Waals surface area (Å²) in [5.41, 5.74) is 0. The molecule has 8 atom stereocenters. The van der Waals surface area contributed by atoms with Crippen molar-refractivity contribution < 1.29 is 63.1 Å². The van der Waals surface area contributed by atoms with E-state index in [0.717, 1.165) is 70.6 Å². The number of aliphatic hydroxyl groups is 5. The lowest BCUT2D eigenvalue weighted by molar-refractivity contribution is -0.220. The Morgan fingerprint density at radius 3 is 1.25 bits per heavy atom. The van der Waals surface area contributed by atoms with Crippen molar-refractivity contribution in [3.05, 3.63) is 24.3 Å². The number of ether oxygens (including phenoxy) is 2. The maximum absolute atomic E-state index is 12.8. The van der Waals surface area contributed by atoms with Crippen LogP contribution in [0.2, 0.25) is 0 Å². The molecule has 14 heteroatoms. The Balaban J connectivity index is 2.44. The Kier molecular flexibility index (Phi) is 35.4. The molecule has 6 N–H and O–H groups in total. The molecular formula is C47H87O13P. The highest BCUT2D eigenvalue weighted by atomic mass is 31.2. The summed E-state index contributed by atoms with van der Waals surface area (Å²) in [6, 6.07) is 0. The third-order valence-electron chi connectivity index (χ3n) is 11.3. The molecule has 1 aliphatic rings. The van der Waals surface area contributed by atoms with Crippen LogP contribution in [0.25, 0.3) is 0 Å². The molecule has 0 aromatic heterocycles. The lowest BCUT2D eigenvalue weighted by atomic mass is 9.85. The minimum Gasteiger partial charge on any atom is -0.462 e. The summed E-state index contributed by atoms with van der Waals surface area (Å²) in [6.07, 6.45) is 28.0. The van der Waals surface area contributed by atoms with E-state index in [0.29, 0.717) is 12.8 Å². The largest absolute Gasteiger partial charge is 0.472 e. The second kappa shape index (κ2) is 37.7. The van der Waals surface area contributed by atoms with Gasteiger partial charge in [0.2, 0.25) is 0 Å². The summed E-state index contributed by atoms with van der Waals surface area (Å²) in [5.74, 6) is -1.11. The highest BCUT2D eigenvalue weighted by Crippen LogP contribution is 2.47. The standard InChI is InChI=1S/C47H87O13P/c1-3-5-7-9-11-13-15-17-19-20-22-23-25-27-29-31-33-35-40(48)57-37-39(38-58-61(55,56)60-47-45(53)43(51)42(50)44(52)46(47)54)59-41(49)36-34-32-30-28-26-24-21-18-16-14-12-10-8-6-4-2/h17-19,21,39,42-47,50-54H,3-16,20,22-38H2,1-2H3,(H,55,56)/t39-,42?,43-,44?,45?,46?,47?/m1/s1. The molecular weight excluding hydrogens is 803 g/mol. The molecule has 0 amide bonds. The van der Waals surface area contributed by atoms with E-state index in [4.69, 9.17) is 18.5 Å². The fourth-order valence-electron chi connectivity index (χ4n) is 7.34. The first-order valence-corrected chi connectivity index (χ1v) is 25.6. The molecule has 358 valence electrons. The molecule has 0 aromatic carbocycles. The van der Waals surface area contributed by atoms with Gasteiger partial charge < -0.3 is 39.9 Å². The summed E-state index contributed by atoms with van der Waals surface area (Å²) in [7, 11) is -5.12. The second-order valence-electron chi connectivity index (χ2n) is 17.0. The number of hydrogen-bond donors (Lipinski definition) is 6. The molecule has 61 heavy (non-hydrogen) atoms. The van der Waals surface area contributed by atoms with Crippen LogP contribution in [0.5, 0.6) is 0 Å². The van der Waals surface area contributed by atoms with Gasteiger partial charge in [0.05, 0.1) is 6.61 Å². The molecule has 1 rings (SSSR count). The van der Waals surface area contributed by atoms with E-state index in [1.54, 1.807) is 0 Å². The van der Waals surface area contributed by atoms with Gasteiger partial charge in [-0.25, -0.2) is 4.57 Å². The quantitative estimate of drug-likeness (QED) is 0.0147. The Morgan fingerprint density at radius 2 is 0.836 bits per heavy atom. The zero-order valence-electron chi connectivity index (χ0n) is 38.0. The SMILES string of the molecule is CCCCCCCCC=CCCCCCCCCCC(=O)OC[C@H](COP(=O)(O)OC1C(O)C(O)C(O)[C@@H](O)C1O)OC(=O)CCCCCCCC=CCCCCCCCC. The van der Waals surface area contributed by atoms with Crippen molar-refractivity contribution in [1.29, 1.82) is 0 Å². The van der Waals surface area contributed by atoms with E-state index in [1.165, 1.54) is 96.3 Å². The van der Waals surface area contributed by atoms with Crippen molar-refractivity contribution in [2.75, 3.05) is 13.2 Å². The minimum atomic E-state index is -5.12. The molecule has 6 unspecified atom stereocenters. The maximum atomic E-state index is 12.8. The second-order valence-corrected chi connectivity index (χ2v) is 18.4. The van der Waals surface area contributed by atoms with E-state index in [1.807, 2.05) is 0 Å². The summed E-state index contributed by atoms with van der Waals surface area (Å²) < 4.78 is 33.5. The van der Waals surface area contributed by atoms with Crippen LogP contribution < -0.4 is 0 Å². The summed E-state index contributed by atoms with van der Waals surface area (Å²) in [6.45, 7) is 3.29. The summed E-state index contributed by atoms with van der Waals surface area (Å²) in [5, 5.41) is 50.2. The predicted octanol–water partition coefficient (Wildman–Crippen LogP) is 9.62. The molecule has 0 radical (unpaired) electrons. The van der Waals surface area contributed by atoms with Gasteiger partial charge in [-0.05, 0) is 64.2 Å². The number of unbranched alkanes of at least 4 members (excludes halogenated alkanes) is 24. The normalized spacial score (nSPS) is 22.2. The Labute approximate surface area is 368 Å². The Hall–Kier alpha value is -1.67. The van der Waals surface area contributed by atoms with Gasteiger partial charge in [0.15, 0.2) is 6.10 Å². The van der Waals surface area contributed by atoms with Crippen LogP contribution in [-0.4, -0.2) is 98.3 Å². The van der Waals surface area contributed by atoms with Crippen molar-refractivity contribution in [1.82, 2.24) is 0 Å². The summed E-state index contributed by atoms with van der Waals surface area (Å²) >= 11 is 0. The molecule has 1 saturated carbocycles. The van der Waals surface area contributed by atoms with Gasteiger partial charge in [0, 0.05) is 12.8 Å². The molecule has 0 bridgehead atoms. The van der Waals surface area contributed by atoms with Crippen molar-refractivity contribution in [2.45, 2.75) is 249 Å². The van der Waals surface area contributed by atoms with Crippen LogP contribution >= 0.6 is 7.82 Å². The van der Waals surface area contributed by atoms with E-state index in [2.05, 4.69) is 38.2 Å². The van der Waals surface area contributed by atoms with E-state index < -0.39 is 75.7 Å². The average molecular weight is 891 g/mol. The van der Waals surface area contributed by atoms with Gasteiger partial charge in [-0.15, -0.1) is 0 Å². The minimum absolute atomic E-state index is 0.0877. The molecule has 1 aliphatic carbocycles. The van der Waals surface area contributed by atoms with Crippen molar-refractivity contribution in [3.63, 3.8) is 0 Å². The molecule has 0 spiro atoms. The van der Waals surface area contributed by atoms with Gasteiger partial charge in [-0.2, -0.15) is 0 Å². The fourth-order valence-corrected chi connectivity index (χ4v) is 8.31. The van der Waals surface area contributed by atoms with Gasteiger partial charge in [0.1, 0.15) is 43.2 Å². The van der Waals surface area contributed by atoms with Crippen LogP contribution in [0, 0.1) is 0 Å². The van der Waals surface area contributed by atoms with Crippen molar-refractivity contribution in [3.8, 4) is 0 Å². The Morgan fingerprint density at radius 1 is 0.492 bits per heavy atom. The highest BCUT2D eigenvalue weighted by molar-refractivity contribution is 7.47. The first kappa shape index (κ1) is 57.3. The molecule has 0 aromatic rings. The number of allylic oxidation sites excluding steroid dienone is 4. The molecule has 1 fully saturated rings. The number of carbonyl (C=O) groups excluding carboxylic acids is 2. The number of hydrogen-bond acceptors (Lipinski definition) is 12. The number of phosphoric acid groups is 1. The Bertz CT molecular complexity index is 1170. The van der Waals surface area contributed by atoms with Gasteiger partial charge >= 0.3 is 19.8 Å². The molecule has 13 nitrogen and oxygen atoms in total. The monoisotopic (exact) mass is 891 g/mol. The summed E-state index contributed by atoms with van der Waals surface area (Å²) in [4.78, 5) is 35.7. The van der Waals surface area contributed by atoms with Crippen LogP contribution in [-0.2, 0) is 32.7 Å². The lowest BCUT2D eigenvalue weighted by Gasteiger charge is -2.41. The predicted molar refractivity (Wildman–Crippen MR) is 240 cm³/mol. The highest BCUT2D eigenvalue weighted by Gasteiger charge is 2.51. The number of phosphoric ester groups is 1. The topological polar surface area (TPSA) is 210 Å². The first-order valence-electron chi connectivity index (χ1n) is 24.1. The van der Waals surface area contributed by atoms with Crippen molar-refractivity contribution in [2.24, 2.45) is 0 Å². The molecule has 0 heterocycles. The number of carbonyl (C=O) groups is 2. The van der Waals surface area contributed by atoms with E-state index >= 15 is 0 Å². The third kappa shape index (κ3) is 30.2.